The van der Waals surface area contributed by atoms with Crippen molar-refractivity contribution in [2.45, 2.75) is 27.5 Å². The first-order valence-electron chi connectivity index (χ1n) is 8.83. The van der Waals surface area contributed by atoms with Gasteiger partial charge in [-0.2, -0.15) is 5.10 Å². The first-order chi connectivity index (χ1) is 13.0. The molecule has 0 aliphatic heterocycles. The van der Waals surface area contributed by atoms with Gasteiger partial charge in [-0.15, -0.1) is 0 Å². The average Bonchev–Trinajstić information content (AvgIpc) is 3.13. The van der Waals surface area contributed by atoms with Crippen LogP contribution in [0, 0.1) is 13.8 Å². The maximum absolute atomic E-state index is 12.4. The molecular weight excluding hydrogens is 342 g/mol. The van der Waals surface area contributed by atoms with Gasteiger partial charge >= 0.3 is 0 Å². The minimum absolute atomic E-state index is 0.237. The second kappa shape index (κ2) is 8.40. The fraction of sp³-hybridized carbons (Fsp3) is 0.238. The van der Waals surface area contributed by atoms with Crippen LogP contribution >= 0.6 is 0 Å². The lowest BCUT2D eigenvalue weighted by Gasteiger charge is -2.10. The van der Waals surface area contributed by atoms with Crippen LogP contribution in [0.3, 0.4) is 0 Å². The van der Waals surface area contributed by atoms with Crippen LogP contribution in [0.15, 0.2) is 54.7 Å². The zero-order valence-corrected chi connectivity index (χ0v) is 15.7. The van der Waals surface area contributed by atoms with Gasteiger partial charge in [-0.1, -0.05) is 12.1 Å². The number of amides is 1. The van der Waals surface area contributed by atoms with Gasteiger partial charge in [0.05, 0.1) is 6.61 Å². The smallest absolute Gasteiger partial charge is 0.276 e. The first-order valence-corrected chi connectivity index (χ1v) is 8.83. The Labute approximate surface area is 158 Å². The number of carbonyl (C=O) groups is 1. The van der Waals surface area contributed by atoms with Crippen molar-refractivity contribution < 1.29 is 14.3 Å². The Morgan fingerprint density at radius 2 is 1.85 bits per heavy atom. The Kier molecular flexibility index (Phi) is 5.76. The first kappa shape index (κ1) is 18.5. The van der Waals surface area contributed by atoms with Gasteiger partial charge < -0.3 is 14.8 Å². The van der Waals surface area contributed by atoms with E-state index >= 15 is 0 Å². The second-order valence-electron chi connectivity index (χ2n) is 6.19. The lowest BCUT2D eigenvalue weighted by molar-refractivity contribution is 0.102. The molecule has 0 radical (unpaired) electrons. The minimum atomic E-state index is -0.273. The topological polar surface area (TPSA) is 65.4 Å². The summed E-state index contributed by atoms with van der Waals surface area (Å²) in [6.07, 6.45) is 1.72. The van der Waals surface area contributed by atoms with Crippen molar-refractivity contribution in [3.8, 4) is 11.5 Å². The molecule has 0 atom stereocenters. The highest BCUT2D eigenvalue weighted by molar-refractivity contribution is 6.02. The number of aryl methyl sites for hydroxylation is 2. The Morgan fingerprint density at radius 1 is 1.07 bits per heavy atom. The highest BCUT2D eigenvalue weighted by atomic mass is 16.5. The van der Waals surface area contributed by atoms with Crippen LogP contribution in [-0.2, 0) is 6.73 Å². The van der Waals surface area contributed by atoms with E-state index in [9.17, 15) is 4.79 Å². The fourth-order valence-electron chi connectivity index (χ4n) is 2.55. The van der Waals surface area contributed by atoms with Gasteiger partial charge in [0, 0.05) is 11.9 Å². The largest absolute Gasteiger partial charge is 0.494 e. The molecule has 1 amide bonds. The molecule has 0 aliphatic carbocycles. The number of aromatic nitrogens is 2. The molecule has 0 unspecified atom stereocenters. The van der Waals surface area contributed by atoms with Gasteiger partial charge in [-0.3, -0.25) is 4.79 Å². The van der Waals surface area contributed by atoms with Crippen LogP contribution in [0.4, 0.5) is 5.69 Å². The molecule has 1 N–H and O–H groups in total. The van der Waals surface area contributed by atoms with E-state index in [1.54, 1.807) is 29.1 Å². The molecule has 1 heterocycles. The summed E-state index contributed by atoms with van der Waals surface area (Å²) >= 11 is 0. The summed E-state index contributed by atoms with van der Waals surface area (Å²) in [5.74, 6) is 1.30. The third-order valence-electron chi connectivity index (χ3n) is 3.99. The van der Waals surface area contributed by atoms with Crippen molar-refractivity contribution in [1.29, 1.82) is 0 Å². The second-order valence-corrected chi connectivity index (χ2v) is 6.19. The third-order valence-corrected chi connectivity index (χ3v) is 3.99. The van der Waals surface area contributed by atoms with Gasteiger partial charge in [0.1, 0.15) is 11.5 Å². The van der Waals surface area contributed by atoms with Crippen LogP contribution in [0.5, 0.6) is 11.5 Å². The highest BCUT2D eigenvalue weighted by Crippen LogP contribution is 2.19. The Balaban J connectivity index is 1.59. The monoisotopic (exact) mass is 365 g/mol. The zero-order valence-electron chi connectivity index (χ0n) is 15.7. The Hall–Kier alpha value is -3.28. The van der Waals surface area contributed by atoms with Crippen molar-refractivity contribution in [1.82, 2.24) is 9.78 Å². The van der Waals surface area contributed by atoms with Crippen LogP contribution < -0.4 is 14.8 Å². The molecule has 140 valence electrons. The summed E-state index contributed by atoms with van der Waals surface area (Å²) < 4.78 is 12.8. The lowest BCUT2D eigenvalue weighted by Crippen LogP contribution is -2.14. The van der Waals surface area contributed by atoms with E-state index in [4.69, 9.17) is 9.47 Å². The van der Waals surface area contributed by atoms with Crippen molar-refractivity contribution >= 4 is 11.6 Å². The lowest BCUT2D eigenvalue weighted by atomic mass is 10.1. The molecule has 1 aromatic heterocycles. The van der Waals surface area contributed by atoms with Gasteiger partial charge in [0.25, 0.3) is 5.91 Å². The molecule has 6 nitrogen and oxygen atoms in total. The van der Waals surface area contributed by atoms with Crippen LogP contribution in [0.2, 0.25) is 0 Å². The van der Waals surface area contributed by atoms with Crippen molar-refractivity contribution in [3.63, 3.8) is 0 Å². The molecule has 0 saturated heterocycles. The number of anilines is 1. The predicted molar refractivity (Wildman–Crippen MR) is 104 cm³/mol. The van der Waals surface area contributed by atoms with Gasteiger partial charge in [0.2, 0.25) is 0 Å². The van der Waals surface area contributed by atoms with Crippen molar-refractivity contribution in [2.75, 3.05) is 11.9 Å². The molecule has 3 aromatic rings. The normalized spacial score (nSPS) is 10.5. The number of carbonyl (C=O) groups excluding carboxylic acids is 1. The molecule has 0 fully saturated rings. The molecule has 2 aromatic carbocycles. The summed E-state index contributed by atoms with van der Waals surface area (Å²) in [6.45, 7) is 6.78. The zero-order chi connectivity index (χ0) is 19.2. The summed E-state index contributed by atoms with van der Waals surface area (Å²) in [7, 11) is 0. The molecule has 0 spiro atoms. The molecule has 0 aliphatic rings. The number of benzene rings is 2. The molecule has 27 heavy (non-hydrogen) atoms. The number of nitrogens with zero attached hydrogens (tertiary/aromatic N) is 2. The van der Waals surface area contributed by atoms with E-state index in [0.717, 1.165) is 22.6 Å². The number of hydrogen-bond donors (Lipinski definition) is 1. The molecule has 0 saturated carbocycles. The van der Waals surface area contributed by atoms with E-state index in [-0.39, 0.29) is 12.6 Å². The minimum Gasteiger partial charge on any atom is -0.494 e. The van der Waals surface area contributed by atoms with E-state index in [1.165, 1.54) is 0 Å². The molecule has 3 rings (SSSR count). The SMILES string of the molecule is CCOc1ccc(NC(=O)c2ccn(COc3cc(C)ccc3C)n2)cc1. The maximum Gasteiger partial charge on any atom is 0.276 e. The van der Waals surface area contributed by atoms with Crippen molar-refractivity contribution in [2.24, 2.45) is 0 Å². The predicted octanol–water partition coefficient (Wildman–Crippen LogP) is 4.19. The third kappa shape index (κ3) is 4.88. The summed E-state index contributed by atoms with van der Waals surface area (Å²) in [6, 6.07) is 14.9. The molecular formula is C21H23N3O3. The van der Waals surface area contributed by atoms with E-state index in [1.807, 2.05) is 51.1 Å². The van der Waals surface area contributed by atoms with Gasteiger partial charge in [-0.05, 0) is 68.3 Å². The Morgan fingerprint density at radius 3 is 2.59 bits per heavy atom. The number of ether oxygens (including phenoxy) is 2. The van der Waals surface area contributed by atoms with E-state index < -0.39 is 0 Å². The summed E-state index contributed by atoms with van der Waals surface area (Å²) in [4.78, 5) is 12.4. The number of hydrogen-bond acceptors (Lipinski definition) is 4. The fourth-order valence-corrected chi connectivity index (χ4v) is 2.55. The number of rotatable bonds is 7. The van der Waals surface area contributed by atoms with Crippen LogP contribution in [0.25, 0.3) is 0 Å². The van der Waals surface area contributed by atoms with Gasteiger partial charge in [0.15, 0.2) is 12.4 Å². The number of nitrogens with one attached hydrogen (secondary N) is 1. The van der Waals surface area contributed by atoms with Crippen LogP contribution in [0.1, 0.15) is 28.5 Å². The van der Waals surface area contributed by atoms with Gasteiger partial charge in [-0.25, -0.2) is 4.68 Å². The van der Waals surface area contributed by atoms with E-state index in [2.05, 4.69) is 10.4 Å². The quantitative estimate of drug-likeness (QED) is 0.682. The maximum atomic E-state index is 12.4. The van der Waals surface area contributed by atoms with Crippen molar-refractivity contribution in [3.05, 3.63) is 71.5 Å². The molecule has 0 bridgehead atoms. The Bertz CT molecular complexity index is 917. The summed E-state index contributed by atoms with van der Waals surface area (Å²) in [5.41, 5.74) is 3.20. The van der Waals surface area contributed by atoms with Crippen LogP contribution in [-0.4, -0.2) is 22.3 Å². The molecule has 6 heteroatoms. The highest BCUT2D eigenvalue weighted by Gasteiger charge is 2.10. The van der Waals surface area contributed by atoms with E-state index in [0.29, 0.717) is 18.0 Å². The summed E-state index contributed by atoms with van der Waals surface area (Å²) in [5, 5.41) is 7.10. The standard InChI is InChI=1S/C21H23N3O3/c1-4-26-18-9-7-17(8-10-18)22-21(25)19-11-12-24(23-19)14-27-20-13-15(2)5-6-16(20)3/h5-13H,4,14H2,1-3H3,(H,22,25). The average molecular weight is 365 g/mol.